The lowest BCUT2D eigenvalue weighted by atomic mass is 9.78. The quantitative estimate of drug-likeness (QED) is 0.195. The molecule has 0 bridgehead atoms. The first kappa shape index (κ1) is 37.9. The lowest BCUT2D eigenvalue weighted by molar-refractivity contribution is 0.190. The Morgan fingerprint density at radius 3 is 1.94 bits per heavy atom. The molecule has 0 atom stereocenters. The van der Waals surface area contributed by atoms with Crippen LogP contribution in [0.1, 0.15) is 82.2 Å². The van der Waals surface area contributed by atoms with E-state index in [2.05, 4.69) is 27.7 Å². The Balaban J connectivity index is 0.00000111. The van der Waals surface area contributed by atoms with Crippen molar-refractivity contribution < 1.29 is 31.7 Å². The first-order chi connectivity index (χ1) is 21.7. The third kappa shape index (κ3) is 12.2. The molecule has 3 aromatic carbocycles. The molecule has 1 aliphatic rings. The maximum absolute atomic E-state index is 15.0. The van der Waals surface area contributed by atoms with Crippen LogP contribution in [0.4, 0.5) is 19.3 Å². The first-order valence-corrected chi connectivity index (χ1v) is 17.7. The average Bonchev–Trinajstić information content (AvgIpc) is 2.93. The number of halogens is 2. The minimum atomic E-state index is -3.67. The number of likely N-dealkylation sites (tertiary alicyclic amines) is 1. The number of rotatable bonds is 7. The molecule has 4 N–H and O–H groups in total. The molecular formula is C36H49F2N3O5S. The maximum Gasteiger partial charge on any atom is 0.319 e. The number of carbonyl (C=O) groups is 1. The molecule has 4 rings (SSSR count). The summed E-state index contributed by atoms with van der Waals surface area (Å²) in [5, 5.41) is 16.7. The molecule has 0 aromatic heterocycles. The monoisotopic (exact) mass is 673 g/mol. The second kappa shape index (κ2) is 15.6. The van der Waals surface area contributed by atoms with Crippen LogP contribution >= 0.6 is 0 Å². The van der Waals surface area contributed by atoms with E-state index in [-0.39, 0.29) is 22.6 Å². The number of phenolic OH excluding ortho intramolecular Hbond substituents is 1. The number of hydrogen-bond donors (Lipinski definition) is 4. The van der Waals surface area contributed by atoms with Crippen LogP contribution in [0.25, 0.3) is 0 Å². The van der Waals surface area contributed by atoms with Gasteiger partial charge in [0.15, 0.2) is 0 Å². The molecule has 1 aliphatic heterocycles. The van der Waals surface area contributed by atoms with Gasteiger partial charge in [0, 0.05) is 31.7 Å². The molecule has 0 spiro atoms. The number of aryl methyl sites for hydroxylation is 2. The summed E-state index contributed by atoms with van der Waals surface area (Å²) in [5.74, 6) is -1.19. The number of nitrogens with one attached hydrogen (secondary N) is 2. The van der Waals surface area contributed by atoms with E-state index in [1.54, 1.807) is 0 Å². The van der Waals surface area contributed by atoms with E-state index in [1.165, 1.54) is 11.6 Å². The van der Waals surface area contributed by atoms with Gasteiger partial charge in [-0.1, -0.05) is 84.0 Å². The SMILES string of the molecule is CC(C)(C)c1cc(CCc2cc(F)cc(F)c2NC(=O)NC2CCN(Cc3ccccc3)CC2)cc(C(C)(C)C)c1O.CS(=O)(=O)O. The number of amides is 2. The zero-order valence-corrected chi connectivity index (χ0v) is 29.3. The minimum absolute atomic E-state index is 0.00119. The molecule has 0 unspecified atom stereocenters. The number of phenols is 1. The number of carbonyl (C=O) groups excluding carboxylic acids is 1. The van der Waals surface area contributed by atoms with Crippen LogP contribution in [0.5, 0.6) is 5.75 Å². The Bertz CT molecular complexity index is 1580. The van der Waals surface area contributed by atoms with Crippen molar-refractivity contribution >= 4 is 21.8 Å². The summed E-state index contributed by atoms with van der Waals surface area (Å²) >= 11 is 0. The molecule has 3 aromatic rings. The Morgan fingerprint density at radius 1 is 0.894 bits per heavy atom. The van der Waals surface area contributed by atoms with Crippen molar-refractivity contribution in [3.8, 4) is 5.75 Å². The van der Waals surface area contributed by atoms with Crippen molar-refractivity contribution in [3.63, 3.8) is 0 Å². The molecule has 1 fully saturated rings. The van der Waals surface area contributed by atoms with Gasteiger partial charge >= 0.3 is 6.03 Å². The van der Waals surface area contributed by atoms with E-state index in [0.717, 1.165) is 55.2 Å². The van der Waals surface area contributed by atoms with Gasteiger partial charge in [-0.15, -0.1) is 0 Å². The van der Waals surface area contributed by atoms with Gasteiger partial charge in [0.25, 0.3) is 10.1 Å². The third-order valence-corrected chi connectivity index (χ3v) is 8.02. The molecule has 11 heteroatoms. The van der Waals surface area contributed by atoms with Gasteiger partial charge in [-0.2, -0.15) is 8.42 Å². The highest BCUT2D eigenvalue weighted by atomic mass is 32.2. The maximum atomic E-state index is 15.0. The van der Waals surface area contributed by atoms with Crippen LogP contribution in [0.3, 0.4) is 0 Å². The summed E-state index contributed by atoms with van der Waals surface area (Å²) in [7, 11) is -3.67. The molecule has 1 saturated heterocycles. The summed E-state index contributed by atoms with van der Waals surface area (Å²) in [5.41, 5.74) is 3.72. The van der Waals surface area contributed by atoms with E-state index in [0.29, 0.717) is 30.4 Å². The topological polar surface area (TPSA) is 119 Å². The number of benzene rings is 3. The lowest BCUT2D eigenvalue weighted by Crippen LogP contribution is -2.45. The number of aromatic hydroxyl groups is 1. The highest BCUT2D eigenvalue weighted by Crippen LogP contribution is 2.40. The van der Waals surface area contributed by atoms with Gasteiger partial charge in [-0.25, -0.2) is 13.6 Å². The second-order valence-electron chi connectivity index (χ2n) is 14.3. The van der Waals surface area contributed by atoms with Crippen LogP contribution in [0.2, 0.25) is 0 Å². The smallest absolute Gasteiger partial charge is 0.319 e. The zero-order valence-electron chi connectivity index (χ0n) is 28.5. The Labute approximate surface area is 278 Å². The molecule has 8 nitrogen and oxygen atoms in total. The van der Waals surface area contributed by atoms with Gasteiger partial charge in [0.1, 0.15) is 17.4 Å². The average molecular weight is 674 g/mol. The fourth-order valence-corrected chi connectivity index (χ4v) is 5.64. The van der Waals surface area contributed by atoms with Crippen molar-refractivity contribution in [2.45, 2.75) is 90.6 Å². The number of piperidine rings is 1. The predicted octanol–water partition coefficient (Wildman–Crippen LogP) is 7.34. The highest BCUT2D eigenvalue weighted by Gasteiger charge is 2.27. The second-order valence-corrected chi connectivity index (χ2v) is 15.8. The molecular weight excluding hydrogens is 624 g/mol. The molecule has 0 saturated carbocycles. The van der Waals surface area contributed by atoms with Gasteiger partial charge in [-0.05, 0) is 70.4 Å². The lowest BCUT2D eigenvalue weighted by Gasteiger charge is -2.32. The van der Waals surface area contributed by atoms with E-state index in [9.17, 15) is 22.7 Å². The minimum Gasteiger partial charge on any atom is -0.507 e. The third-order valence-electron chi connectivity index (χ3n) is 8.02. The van der Waals surface area contributed by atoms with Crippen molar-refractivity contribution in [2.24, 2.45) is 0 Å². The van der Waals surface area contributed by atoms with Crippen molar-refractivity contribution in [2.75, 3.05) is 24.7 Å². The van der Waals surface area contributed by atoms with E-state index >= 15 is 4.39 Å². The van der Waals surface area contributed by atoms with Crippen LogP contribution in [-0.4, -0.2) is 54.4 Å². The van der Waals surface area contributed by atoms with Gasteiger partial charge < -0.3 is 15.7 Å². The van der Waals surface area contributed by atoms with Gasteiger partial charge in [0.05, 0.1) is 11.9 Å². The van der Waals surface area contributed by atoms with Crippen LogP contribution in [0.15, 0.2) is 54.6 Å². The summed E-state index contributed by atoms with van der Waals surface area (Å²) in [6.45, 7) is 14.9. The van der Waals surface area contributed by atoms with Crippen molar-refractivity contribution in [1.82, 2.24) is 10.2 Å². The zero-order chi connectivity index (χ0) is 35.2. The number of anilines is 1. The number of urea groups is 1. The van der Waals surface area contributed by atoms with Crippen LogP contribution in [-0.2, 0) is 40.3 Å². The van der Waals surface area contributed by atoms with Crippen molar-refractivity contribution in [1.29, 1.82) is 0 Å². The van der Waals surface area contributed by atoms with Crippen molar-refractivity contribution in [3.05, 3.63) is 94.0 Å². The molecule has 258 valence electrons. The van der Waals surface area contributed by atoms with E-state index in [1.807, 2.05) is 71.9 Å². The molecule has 47 heavy (non-hydrogen) atoms. The summed E-state index contributed by atoms with van der Waals surface area (Å²) in [6, 6.07) is 15.8. The van der Waals surface area contributed by atoms with Crippen LogP contribution < -0.4 is 10.6 Å². The number of nitrogens with zero attached hydrogens (tertiary/aromatic N) is 1. The fraction of sp³-hybridized carbons (Fsp3) is 0.472. The fourth-order valence-electron chi connectivity index (χ4n) is 5.64. The molecule has 0 radical (unpaired) electrons. The van der Waals surface area contributed by atoms with E-state index < -0.39 is 27.8 Å². The van der Waals surface area contributed by atoms with Crippen LogP contribution in [0, 0.1) is 11.6 Å². The normalized spacial score (nSPS) is 14.7. The Morgan fingerprint density at radius 2 is 1.43 bits per heavy atom. The summed E-state index contributed by atoms with van der Waals surface area (Å²) in [6.07, 6.45) is 3.12. The van der Waals surface area contributed by atoms with Gasteiger partial charge in [0.2, 0.25) is 0 Å². The van der Waals surface area contributed by atoms with E-state index in [4.69, 9.17) is 4.55 Å². The predicted molar refractivity (Wildman–Crippen MR) is 184 cm³/mol. The first-order valence-electron chi connectivity index (χ1n) is 15.8. The molecule has 2 amide bonds. The van der Waals surface area contributed by atoms with Gasteiger partial charge in [-0.3, -0.25) is 9.45 Å². The number of hydrogen-bond acceptors (Lipinski definition) is 5. The molecule has 1 heterocycles. The Kier molecular flexibility index (Phi) is 12.6. The highest BCUT2D eigenvalue weighted by molar-refractivity contribution is 7.85. The summed E-state index contributed by atoms with van der Waals surface area (Å²) in [4.78, 5) is 15.3. The molecule has 0 aliphatic carbocycles. The summed E-state index contributed by atoms with van der Waals surface area (Å²) < 4.78 is 55.2. The standard InChI is InChI=1S/C35H45F2N3O2.CH4O3S/c1-34(2,3)28-18-24(19-29(32(28)41)35(4,5)6)12-13-25-20-26(36)21-30(37)31(25)39-33(42)38-27-14-16-40(17-15-27)22-23-10-8-7-9-11-23;1-5(2,3)4/h7-11,18-21,27,41H,12-17,22H2,1-6H3,(H2,38,39,42);1H3,(H,2,3,4). The largest absolute Gasteiger partial charge is 0.507 e. The Hall–Kier alpha value is -3.54.